The predicted molar refractivity (Wildman–Crippen MR) is 137 cm³/mol. The van der Waals surface area contributed by atoms with Crippen LogP contribution in [-0.4, -0.2) is 35.0 Å². The lowest BCUT2D eigenvalue weighted by molar-refractivity contribution is -0.476. The van der Waals surface area contributed by atoms with Gasteiger partial charge in [-0.1, -0.05) is 60.1 Å². The minimum Gasteiger partial charge on any atom is -0.434 e. The quantitative estimate of drug-likeness (QED) is 0.259. The van der Waals surface area contributed by atoms with Crippen LogP contribution < -0.4 is 9.47 Å². The summed E-state index contributed by atoms with van der Waals surface area (Å²) in [4.78, 5) is 0. The third-order valence-electron chi connectivity index (χ3n) is 5.81. The van der Waals surface area contributed by atoms with E-state index >= 15 is 0 Å². The Balaban J connectivity index is 0.000000153. The summed E-state index contributed by atoms with van der Waals surface area (Å²) in [6, 6.07) is 29.3. The van der Waals surface area contributed by atoms with E-state index in [1.807, 2.05) is 66.7 Å². The zero-order valence-electron chi connectivity index (χ0n) is 19.5. The topological polar surface area (TPSA) is 24.5 Å². The fourth-order valence-electron chi connectivity index (χ4n) is 4.04. The van der Waals surface area contributed by atoms with Gasteiger partial charge in [0, 0.05) is 24.3 Å². The van der Waals surface area contributed by atoms with E-state index in [1.165, 1.54) is 6.07 Å². The molecule has 2 aliphatic heterocycles. The van der Waals surface area contributed by atoms with E-state index in [9.17, 15) is 13.2 Å². The van der Waals surface area contributed by atoms with E-state index in [-0.39, 0.29) is 12.5 Å². The molecule has 0 aromatic heterocycles. The fourth-order valence-corrected chi connectivity index (χ4v) is 4.27. The van der Waals surface area contributed by atoms with Crippen molar-refractivity contribution in [2.24, 2.45) is 0 Å². The zero-order chi connectivity index (χ0) is 25.8. The lowest BCUT2D eigenvalue weighted by Gasteiger charge is -2.18. The van der Waals surface area contributed by atoms with Crippen molar-refractivity contribution in [1.82, 2.24) is 0 Å². The van der Waals surface area contributed by atoms with Crippen molar-refractivity contribution in [1.29, 1.82) is 0 Å². The van der Waals surface area contributed by atoms with Crippen LogP contribution in [0.2, 0.25) is 5.02 Å². The number of halogens is 4. The van der Waals surface area contributed by atoms with Gasteiger partial charge < -0.3 is 9.47 Å². The standard InChI is InChI=1S/C15H11F3NO.C14H11ClNO/c16-15(17,18)13-8-4-5-11-9-19(10-20-14(11)13)12-6-2-1-3-7-12;15-13-8-4-5-11-9-16(10-17-14(11)13)12-6-2-1-3-7-12/h1-9H,10H2;1-9H,10H2/q2*+1. The average molecular weight is 523 g/mol. The van der Waals surface area contributed by atoms with E-state index in [0.717, 1.165) is 28.8 Å². The number of rotatable bonds is 2. The van der Waals surface area contributed by atoms with Gasteiger partial charge in [-0.15, -0.1) is 0 Å². The Kier molecular flexibility index (Phi) is 6.97. The molecule has 0 amide bonds. The first kappa shape index (κ1) is 24.6. The van der Waals surface area contributed by atoms with Crippen molar-refractivity contribution < 1.29 is 31.8 Å². The maximum Gasteiger partial charge on any atom is 0.419 e. The minimum absolute atomic E-state index is 0.0596. The van der Waals surface area contributed by atoms with Gasteiger partial charge in [0.05, 0.1) is 21.7 Å². The monoisotopic (exact) mass is 522 g/mol. The molecular weight excluding hydrogens is 501 g/mol. The minimum atomic E-state index is -4.41. The molecule has 0 bridgehead atoms. The van der Waals surface area contributed by atoms with Crippen molar-refractivity contribution in [2.45, 2.75) is 6.18 Å². The van der Waals surface area contributed by atoms with Gasteiger partial charge in [0.15, 0.2) is 23.9 Å². The van der Waals surface area contributed by atoms with E-state index in [0.29, 0.717) is 17.3 Å². The van der Waals surface area contributed by atoms with Crippen molar-refractivity contribution in [3.8, 4) is 11.5 Å². The summed E-state index contributed by atoms with van der Waals surface area (Å²) in [5.74, 6) is 0.661. The zero-order valence-corrected chi connectivity index (χ0v) is 20.3. The largest absolute Gasteiger partial charge is 0.434 e. The molecule has 0 unspecified atom stereocenters. The SMILES string of the molecule is Clc1cccc2c1OC[N+](c1ccccc1)=C2.FC(F)(F)c1cccc2c1OC[N+](c1ccccc1)=C2. The van der Waals surface area contributed by atoms with Crippen LogP contribution in [0.3, 0.4) is 0 Å². The predicted octanol–water partition coefficient (Wildman–Crippen LogP) is 7.27. The van der Waals surface area contributed by atoms with Gasteiger partial charge in [0.2, 0.25) is 11.4 Å². The molecule has 37 heavy (non-hydrogen) atoms. The molecule has 6 rings (SSSR count). The summed E-state index contributed by atoms with van der Waals surface area (Å²) in [7, 11) is 0. The molecule has 0 atom stereocenters. The first-order valence-electron chi connectivity index (χ1n) is 11.5. The molecule has 4 nitrogen and oxygen atoms in total. The summed E-state index contributed by atoms with van der Waals surface area (Å²) < 4.78 is 53.5. The highest BCUT2D eigenvalue weighted by Gasteiger charge is 2.37. The van der Waals surface area contributed by atoms with Gasteiger partial charge in [-0.05, 0) is 24.3 Å². The number of fused-ring (bicyclic) bond motifs is 2. The Hall–Kier alpha value is -4.10. The molecular formula is C29H22ClF3N2O2+2. The summed E-state index contributed by atoms with van der Waals surface area (Å²) >= 11 is 6.07. The Morgan fingerprint density at radius 1 is 0.595 bits per heavy atom. The van der Waals surface area contributed by atoms with Crippen molar-refractivity contribution in [3.05, 3.63) is 119 Å². The molecule has 4 aromatic carbocycles. The molecule has 0 saturated heterocycles. The summed E-state index contributed by atoms with van der Waals surface area (Å²) in [5, 5.41) is 0.659. The summed E-state index contributed by atoms with van der Waals surface area (Å²) in [6.45, 7) is 0.546. The number of hydrogen-bond acceptors (Lipinski definition) is 2. The third-order valence-corrected chi connectivity index (χ3v) is 6.11. The first-order chi connectivity index (χ1) is 17.9. The van der Waals surface area contributed by atoms with Crippen LogP contribution in [0.4, 0.5) is 24.5 Å². The molecule has 0 spiro atoms. The van der Waals surface area contributed by atoms with Crippen LogP contribution in [0.5, 0.6) is 11.5 Å². The lowest BCUT2D eigenvalue weighted by atomic mass is 10.1. The number of ether oxygens (including phenoxy) is 2. The molecule has 0 N–H and O–H groups in total. The molecule has 186 valence electrons. The van der Waals surface area contributed by atoms with Crippen LogP contribution in [0.15, 0.2) is 97.1 Å². The Morgan fingerprint density at radius 3 is 1.62 bits per heavy atom. The van der Waals surface area contributed by atoms with E-state index in [1.54, 1.807) is 16.9 Å². The second kappa shape index (κ2) is 10.5. The normalized spacial score (nSPS) is 13.9. The average Bonchev–Trinajstić information content (AvgIpc) is 2.93. The highest BCUT2D eigenvalue weighted by Crippen LogP contribution is 2.39. The van der Waals surface area contributed by atoms with Crippen LogP contribution in [0, 0.1) is 0 Å². The van der Waals surface area contributed by atoms with Gasteiger partial charge in [-0.2, -0.15) is 22.3 Å². The third kappa shape index (κ3) is 5.52. The second-order valence-electron chi connectivity index (χ2n) is 8.30. The van der Waals surface area contributed by atoms with Crippen molar-refractivity contribution in [3.63, 3.8) is 0 Å². The van der Waals surface area contributed by atoms with Crippen LogP contribution in [0.1, 0.15) is 16.7 Å². The molecule has 2 heterocycles. The van der Waals surface area contributed by atoms with E-state index in [4.69, 9.17) is 21.1 Å². The van der Waals surface area contributed by atoms with E-state index in [2.05, 4.69) is 22.9 Å². The maximum absolute atomic E-state index is 12.9. The summed E-state index contributed by atoms with van der Waals surface area (Å²) in [5.41, 5.74) is 2.68. The van der Waals surface area contributed by atoms with Crippen LogP contribution in [0.25, 0.3) is 0 Å². The Bertz CT molecular complexity index is 1470. The number of para-hydroxylation sites is 4. The second-order valence-corrected chi connectivity index (χ2v) is 8.70. The number of hydrogen-bond donors (Lipinski definition) is 0. The fraction of sp³-hybridized carbons (Fsp3) is 0.103. The smallest absolute Gasteiger partial charge is 0.419 e. The van der Waals surface area contributed by atoms with Gasteiger partial charge in [-0.3, -0.25) is 0 Å². The van der Waals surface area contributed by atoms with Gasteiger partial charge >= 0.3 is 6.18 Å². The molecule has 0 aliphatic carbocycles. The number of benzene rings is 4. The highest BCUT2D eigenvalue weighted by molar-refractivity contribution is 6.32. The Morgan fingerprint density at radius 2 is 1.08 bits per heavy atom. The van der Waals surface area contributed by atoms with Gasteiger partial charge in [0.1, 0.15) is 0 Å². The molecule has 0 fully saturated rings. The number of alkyl halides is 3. The maximum atomic E-state index is 12.9. The van der Waals surface area contributed by atoms with Gasteiger partial charge in [0.25, 0.3) is 13.5 Å². The van der Waals surface area contributed by atoms with Gasteiger partial charge in [-0.25, -0.2) is 0 Å². The van der Waals surface area contributed by atoms with Crippen molar-refractivity contribution >= 4 is 35.4 Å². The summed E-state index contributed by atoms with van der Waals surface area (Å²) in [6.07, 6.45) is -0.683. The molecule has 0 saturated carbocycles. The first-order valence-corrected chi connectivity index (χ1v) is 11.9. The van der Waals surface area contributed by atoms with Crippen LogP contribution in [-0.2, 0) is 6.18 Å². The van der Waals surface area contributed by atoms with E-state index < -0.39 is 11.7 Å². The Labute approximate surface area is 217 Å². The lowest BCUT2D eigenvalue weighted by Crippen LogP contribution is -2.23. The molecule has 2 aliphatic rings. The molecule has 4 aromatic rings. The number of nitrogens with zero attached hydrogens (tertiary/aromatic N) is 2. The van der Waals surface area contributed by atoms with Crippen LogP contribution >= 0.6 is 11.6 Å². The molecule has 8 heteroatoms. The van der Waals surface area contributed by atoms with Crippen molar-refractivity contribution in [2.75, 3.05) is 13.5 Å². The highest BCUT2D eigenvalue weighted by atomic mass is 35.5. The molecule has 0 radical (unpaired) electrons.